The largest absolute Gasteiger partial charge is 0.495 e. The normalized spacial score (nSPS) is 10.4. The van der Waals surface area contributed by atoms with Crippen molar-refractivity contribution >= 4 is 5.69 Å². The molecule has 3 aromatic rings. The molecule has 0 saturated carbocycles. The zero-order valence-electron chi connectivity index (χ0n) is 16.0. The molecule has 1 N–H and O–H groups in total. The van der Waals surface area contributed by atoms with Gasteiger partial charge in [0.15, 0.2) is 17.3 Å². The molecule has 142 valence electrons. The molecule has 1 heterocycles. The molecule has 0 radical (unpaired) electrons. The van der Waals surface area contributed by atoms with Crippen LogP contribution < -0.4 is 24.3 Å². The van der Waals surface area contributed by atoms with Gasteiger partial charge >= 0.3 is 0 Å². The summed E-state index contributed by atoms with van der Waals surface area (Å²) in [6, 6.07) is 9.48. The Labute approximate surface area is 157 Å². The van der Waals surface area contributed by atoms with Crippen LogP contribution in [0.25, 0.3) is 22.5 Å². The van der Waals surface area contributed by atoms with Gasteiger partial charge in [-0.25, -0.2) is 0 Å². The summed E-state index contributed by atoms with van der Waals surface area (Å²) < 4.78 is 27.2. The lowest BCUT2D eigenvalue weighted by Crippen LogP contribution is -1.96. The summed E-state index contributed by atoms with van der Waals surface area (Å²) in [6.45, 7) is 0. The fourth-order valence-electron chi connectivity index (χ4n) is 2.94. The van der Waals surface area contributed by atoms with E-state index in [0.717, 1.165) is 28.1 Å². The summed E-state index contributed by atoms with van der Waals surface area (Å²) in [6.07, 6.45) is 1.68. The second kappa shape index (κ2) is 7.90. The molecule has 0 aliphatic heterocycles. The van der Waals surface area contributed by atoms with Crippen LogP contribution in [-0.2, 0) is 0 Å². The van der Waals surface area contributed by atoms with Crippen molar-refractivity contribution in [2.45, 2.75) is 0 Å². The fourth-order valence-corrected chi connectivity index (χ4v) is 2.94. The van der Waals surface area contributed by atoms with Gasteiger partial charge in [0.05, 0.1) is 40.3 Å². The van der Waals surface area contributed by atoms with Crippen molar-refractivity contribution in [3.63, 3.8) is 0 Å². The molecule has 7 nitrogen and oxygen atoms in total. The van der Waals surface area contributed by atoms with Crippen LogP contribution in [0.3, 0.4) is 0 Å². The second-order valence-corrected chi connectivity index (χ2v) is 5.65. The van der Waals surface area contributed by atoms with E-state index in [2.05, 4.69) is 10.5 Å². The molecular weight excluding hydrogens is 348 g/mol. The molecule has 0 spiro atoms. The highest BCUT2D eigenvalue weighted by atomic mass is 16.5. The van der Waals surface area contributed by atoms with Crippen molar-refractivity contribution in [2.75, 3.05) is 40.8 Å². The molecule has 1 aromatic heterocycles. The molecule has 27 heavy (non-hydrogen) atoms. The van der Waals surface area contributed by atoms with Crippen molar-refractivity contribution in [1.82, 2.24) is 5.16 Å². The van der Waals surface area contributed by atoms with Gasteiger partial charge < -0.3 is 28.8 Å². The average molecular weight is 370 g/mol. The first-order valence-electron chi connectivity index (χ1n) is 8.28. The van der Waals surface area contributed by atoms with E-state index >= 15 is 0 Å². The van der Waals surface area contributed by atoms with E-state index < -0.39 is 0 Å². The molecule has 7 heteroatoms. The smallest absolute Gasteiger partial charge is 0.203 e. The molecule has 3 rings (SSSR count). The highest BCUT2D eigenvalue weighted by molar-refractivity contribution is 5.83. The van der Waals surface area contributed by atoms with Gasteiger partial charge in [0.2, 0.25) is 5.75 Å². The van der Waals surface area contributed by atoms with Gasteiger partial charge in [-0.15, -0.1) is 0 Å². The second-order valence-electron chi connectivity index (χ2n) is 5.65. The molecule has 0 aliphatic carbocycles. The van der Waals surface area contributed by atoms with Crippen LogP contribution in [-0.4, -0.2) is 40.6 Å². The van der Waals surface area contributed by atoms with Crippen molar-refractivity contribution in [1.29, 1.82) is 0 Å². The third kappa shape index (κ3) is 3.36. The highest BCUT2D eigenvalue weighted by Crippen LogP contribution is 2.43. The minimum Gasteiger partial charge on any atom is -0.495 e. The van der Waals surface area contributed by atoms with Crippen LogP contribution in [0.5, 0.6) is 23.0 Å². The summed E-state index contributed by atoms with van der Waals surface area (Å²) in [5, 5.41) is 7.11. The maximum atomic E-state index is 5.55. The SMILES string of the molecule is CNc1cc(-c2cnoc2-c2cc(OC)c(OC)c(OC)c2)ccc1OC. The molecule has 2 aromatic carbocycles. The summed E-state index contributed by atoms with van der Waals surface area (Å²) in [7, 11) is 8.19. The number of hydrogen-bond acceptors (Lipinski definition) is 7. The minimum absolute atomic E-state index is 0.520. The zero-order valence-corrected chi connectivity index (χ0v) is 16.0. The van der Waals surface area contributed by atoms with E-state index in [0.29, 0.717) is 23.0 Å². The van der Waals surface area contributed by atoms with Gasteiger partial charge in [-0.1, -0.05) is 11.2 Å². The number of nitrogens with zero attached hydrogens (tertiary/aromatic N) is 1. The predicted molar refractivity (Wildman–Crippen MR) is 103 cm³/mol. The summed E-state index contributed by atoms with van der Waals surface area (Å²) in [5.74, 6) is 2.96. The number of ether oxygens (including phenoxy) is 4. The maximum absolute atomic E-state index is 5.55. The number of benzene rings is 2. The monoisotopic (exact) mass is 370 g/mol. The van der Waals surface area contributed by atoms with E-state index in [1.165, 1.54) is 0 Å². The Morgan fingerprint density at radius 2 is 1.48 bits per heavy atom. The van der Waals surface area contributed by atoms with Crippen molar-refractivity contribution in [3.8, 4) is 45.4 Å². The van der Waals surface area contributed by atoms with Crippen LogP contribution in [0.4, 0.5) is 5.69 Å². The topological polar surface area (TPSA) is 75.0 Å². The maximum Gasteiger partial charge on any atom is 0.203 e. The molecular formula is C20H22N2O5. The Morgan fingerprint density at radius 3 is 2.04 bits per heavy atom. The molecule has 0 saturated heterocycles. The van der Waals surface area contributed by atoms with Crippen LogP contribution in [0.1, 0.15) is 0 Å². The van der Waals surface area contributed by atoms with Gasteiger partial charge in [0.25, 0.3) is 0 Å². The third-order valence-corrected chi connectivity index (χ3v) is 4.28. The fraction of sp³-hybridized carbons (Fsp3) is 0.250. The third-order valence-electron chi connectivity index (χ3n) is 4.28. The lowest BCUT2D eigenvalue weighted by atomic mass is 10.0. The van der Waals surface area contributed by atoms with E-state index in [-0.39, 0.29) is 0 Å². The van der Waals surface area contributed by atoms with E-state index in [1.807, 2.05) is 37.4 Å². The van der Waals surface area contributed by atoms with Crippen molar-refractivity contribution in [2.24, 2.45) is 0 Å². The molecule has 0 aliphatic rings. The number of rotatable bonds is 7. The quantitative estimate of drug-likeness (QED) is 0.671. The average Bonchev–Trinajstić information content (AvgIpc) is 3.21. The van der Waals surface area contributed by atoms with Crippen LogP contribution in [0.15, 0.2) is 41.1 Å². The first-order chi connectivity index (χ1) is 13.2. The molecule has 0 atom stereocenters. The Hall–Kier alpha value is -3.35. The Bertz CT molecular complexity index is 911. The number of methoxy groups -OCH3 is 4. The van der Waals surface area contributed by atoms with E-state index in [1.54, 1.807) is 34.6 Å². The lowest BCUT2D eigenvalue weighted by Gasteiger charge is -2.14. The Balaban J connectivity index is 2.13. The summed E-state index contributed by atoms with van der Waals surface area (Å²) >= 11 is 0. The molecule has 0 amide bonds. The predicted octanol–water partition coefficient (Wildman–Crippen LogP) is 4.08. The first kappa shape index (κ1) is 18.4. The van der Waals surface area contributed by atoms with Gasteiger partial charge in [-0.05, 0) is 29.8 Å². The lowest BCUT2D eigenvalue weighted by molar-refractivity contribution is 0.324. The van der Waals surface area contributed by atoms with Gasteiger partial charge in [-0.3, -0.25) is 0 Å². The summed E-state index contributed by atoms with van der Waals surface area (Å²) in [5.41, 5.74) is 3.40. The van der Waals surface area contributed by atoms with Crippen molar-refractivity contribution in [3.05, 3.63) is 36.5 Å². The minimum atomic E-state index is 0.520. The molecule has 0 fully saturated rings. The van der Waals surface area contributed by atoms with Gasteiger partial charge in [0.1, 0.15) is 5.75 Å². The van der Waals surface area contributed by atoms with Crippen LogP contribution in [0, 0.1) is 0 Å². The number of anilines is 1. The number of nitrogens with one attached hydrogen (secondary N) is 1. The van der Waals surface area contributed by atoms with Crippen molar-refractivity contribution < 1.29 is 23.5 Å². The van der Waals surface area contributed by atoms with E-state index in [4.69, 9.17) is 23.5 Å². The number of hydrogen-bond donors (Lipinski definition) is 1. The highest BCUT2D eigenvalue weighted by Gasteiger charge is 2.20. The first-order valence-corrected chi connectivity index (χ1v) is 8.28. The zero-order chi connectivity index (χ0) is 19.4. The van der Waals surface area contributed by atoms with Gasteiger partial charge in [0, 0.05) is 18.2 Å². The summed E-state index contributed by atoms with van der Waals surface area (Å²) in [4.78, 5) is 0. The Morgan fingerprint density at radius 1 is 0.815 bits per heavy atom. The molecule has 0 bridgehead atoms. The number of aromatic nitrogens is 1. The van der Waals surface area contributed by atoms with E-state index in [9.17, 15) is 0 Å². The Kier molecular flexibility index (Phi) is 5.40. The standard InChI is InChI=1S/C20H22N2O5/c1-21-15-8-12(6-7-16(15)23-2)14-11-22-27-19(14)13-9-17(24-3)20(26-5)18(10-13)25-4/h6-11,21H,1-5H3. The van der Waals surface area contributed by atoms with Crippen LogP contribution >= 0.6 is 0 Å². The van der Waals surface area contributed by atoms with Crippen LogP contribution in [0.2, 0.25) is 0 Å². The van der Waals surface area contributed by atoms with Gasteiger partial charge in [-0.2, -0.15) is 0 Å². The molecule has 0 unspecified atom stereocenters.